The van der Waals surface area contributed by atoms with Gasteiger partial charge in [-0.2, -0.15) is 4.98 Å². The molecule has 0 spiro atoms. The lowest BCUT2D eigenvalue weighted by atomic mass is 10.0. The van der Waals surface area contributed by atoms with Gasteiger partial charge in [-0.05, 0) is 30.9 Å². The van der Waals surface area contributed by atoms with Gasteiger partial charge in [-0.15, -0.1) is 0 Å². The van der Waals surface area contributed by atoms with E-state index in [1.54, 1.807) is 23.5 Å². The Morgan fingerprint density at radius 1 is 1.39 bits per heavy atom. The third kappa shape index (κ3) is 4.39. The highest BCUT2D eigenvalue weighted by Gasteiger charge is 2.21. The van der Waals surface area contributed by atoms with Gasteiger partial charge in [0.1, 0.15) is 16.1 Å². The highest BCUT2D eigenvalue weighted by Crippen LogP contribution is 2.35. The number of piperidine rings is 1. The van der Waals surface area contributed by atoms with Crippen molar-refractivity contribution in [3.8, 4) is 0 Å². The fourth-order valence-electron chi connectivity index (χ4n) is 3.21. The number of anilines is 2. The van der Waals surface area contributed by atoms with Crippen LogP contribution in [-0.2, 0) is 4.79 Å². The summed E-state index contributed by atoms with van der Waals surface area (Å²) in [6, 6.07) is 7.19. The molecule has 3 aromatic rings. The normalized spacial score (nSPS) is 17.1. The number of hydrogen-bond donors (Lipinski definition) is 1. The summed E-state index contributed by atoms with van der Waals surface area (Å²) in [4.78, 5) is 28.0. The Hall–Kier alpha value is -1.90. The standard InChI is InChI=1S/C19H20ClN5OS2/c1-12-5-4-8-25(9-12)19-24-17-16(28-19)18(22-11-21-17)27-10-15(26)23-14-7-3-2-6-13(14)20/h2-3,6-7,11-12H,4-5,8-10H2,1H3,(H,23,26)/t12-/m1/s1. The van der Waals surface area contributed by atoms with E-state index in [1.165, 1.54) is 30.9 Å². The second-order valence-electron chi connectivity index (χ2n) is 6.84. The van der Waals surface area contributed by atoms with Gasteiger partial charge in [-0.3, -0.25) is 4.79 Å². The molecule has 3 heterocycles. The Morgan fingerprint density at radius 2 is 2.25 bits per heavy atom. The minimum Gasteiger partial charge on any atom is -0.348 e. The first-order valence-electron chi connectivity index (χ1n) is 9.14. The van der Waals surface area contributed by atoms with Crippen LogP contribution < -0.4 is 10.2 Å². The quantitative estimate of drug-likeness (QED) is 0.464. The lowest BCUT2D eigenvalue weighted by Crippen LogP contribution is -2.34. The van der Waals surface area contributed by atoms with Crippen molar-refractivity contribution in [1.82, 2.24) is 15.0 Å². The van der Waals surface area contributed by atoms with E-state index in [4.69, 9.17) is 16.6 Å². The summed E-state index contributed by atoms with van der Waals surface area (Å²) in [5.41, 5.74) is 1.31. The van der Waals surface area contributed by atoms with Crippen LogP contribution in [0.5, 0.6) is 0 Å². The molecule has 28 heavy (non-hydrogen) atoms. The number of hydrogen-bond acceptors (Lipinski definition) is 7. The molecule has 1 atom stereocenters. The van der Waals surface area contributed by atoms with Crippen LogP contribution in [0.4, 0.5) is 10.8 Å². The first-order chi connectivity index (χ1) is 13.6. The lowest BCUT2D eigenvalue weighted by molar-refractivity contribution is -0.113. The summed E-state index contributed by atoms with van der Waals surface area (Å²) in [7, 11) is 0. The number of aromatic nitrogens is 3. The zero-order chi connectivity index (χ0) is 19.5. The van der Waals surface area contributed by atoms with E-state index >= 15 is 0 Å². The van der Waals surface area contributed by atoms with Crippen molar-refractivity contribution in [1.29, 1.82) is 0 Å². The second kappa shape index (κ2) is 8.63. The highest BCUT2D eigenvalue weighted by atomic mass is 35.5. The van der Waals surface area contributed by atoms with Gasteiger partial charge in [-0.1, -0.05) is 53.8 Å². The zero-order valence-electron chi connectivity index (χ0n) is 15.4. The number of carbonyl (C=O) groups excluding carboxylic acids is 1. The Labute approximate surface area is 176 Å². The third-order valence-electron chi connectivity index (χ3n) is 4.56. The molecule has 0 unspecified atom stereocenters. The van der Waals surface area contributed by atoms with Gasteiger partial charge in [0.15, 0.2) is 10.8 Å². The van der Waals surface area contributed by atoms with E-state index in [9.17, 15) is 4.79 Å². The topological polar surface area (TPSA) is 71.0 Å². The van der Waals surface area contributed by atoms with Crippen molar-refractivity contribution < 1.29 is 4.79 Å². The summed E-state index contributed by atoms with van der Waals surface area (Å²) in [6.45, 7) is 4.33. The van der Waals surface area contributed by atoms with Crippen molar-refractivity contribution in [3.63, 3.8) is 0 Å². The number of fused-ring (bicyclic) bond motifs is 1. The molecule has 6 nitrogen and oxygen atoms in total. The van der Waals surface area contributed by atoms with Crippen LogP contribution in [0.1, 0.15) is 19.8 Å². The van der Waals surface area contributed by atoms with E-state index < -0.39 is 0 Å². The Bertz CT molecular complexity index is 995. The maximum absolute atomic E-state index is 12.3. The largest absolute Gasteiger partial charge is 0.348 e. The molecular weight excluding hydrogens is 414 g/mol. The van der Waals surface area contributed by atoms with Crippen LogP contribution in [0.15, 0.2) is 35.6 Å². The van der Waals surface area contributed by atoms with Crippen molar-refractivity contribution >= 4 is 61.8 Å². The van der Waals surface area contributed by atoms with E-state index in [1.807, 2.05) is 12.1 Å². The number of benzene rings is 1. The number of thioether (sulfide) groups is 1. The van der Waals surface area contributed by atoms with E-state index in [-0.39, 0.29) is 11.7 Å². The number of nitrogens with zero attached hydrogens (tertiary/aromatic N) is 4. The van der Waals surface area contributed by atoms with Crippen molar-refractivity contribution in [2.75, 3.05) is 29.1 Å². The van der Waals surface area contributed by atoms with E-state index in [0.717, 1.165) is 27.9 Å². The molecule has 1 fully saturated rings. The zero-order valence-corrected chi connectivity index (χ0v) is 17.8. The predicted molar refractivity (Wildman–Crippen MR) is 117 cm³/mol. The predicted octanol–water partition coefficient (Wildman–Crippen LogP) is 4.71. The summed E-state index contributed by atoms with van der Waals surface area (Å²) in [6.07, 6.45) is 3.97. The van der Waals surface area contributed by atoms with Crippen LogP contribution in [0.2, 0.25) is 5.02 Å². The molecule has 0 radical (unpaired) electrons. The molecule has 4 rings (SSSR count). The molecule has 146 valence electrons. The number of para-hydroxylation sites is 1. The SMILES string of the molecule is C[C@@H]1CCCN(c2nc3ncnc(SCC(=O)Nc4ccccc4Cl)c3s2)C1. The average molecular weight is 434 g/mol. The lowest BCUT2D eigenvalue weighted by Gasteiger charge is -2.30. The first-order valence-corrected chi connectivity index (χ1v) is 11.3. The molecule has 1 N–H and O–H groups in total. The van der Waals surface area contributed by atoms with Crippen molar-refractivity contribution in [2.45, 2.75) is 24.8 Å². The summed E-state index contributed by atoms with van der Waals surface area (Å²) >= 11 is 9.09. The van der Waals surface area contributed by atoms with Gasteiger partial charge in [-0.25, -0.2) is 9.97 Å². The van der Waals surface area contributed by atoms with Crippen LogP contribution in [0.25, 0.3) is 10.3 Å². The molecule has 1 amide bonds. The summed E-state index contributed by atoms with van der Waals surface area (Å²) in [5.74, 6) is 0.791. The first kappa shape index (κ1) is 19.4. The minimum absolute atomic E-state index is 0.126. The Balaban J connectivity index is 1.46. The number of carbonyl (C=O) groups is 1. The molecule has 0 aliphatic carbocycles. The number of halogens is 1. The van der Waals surface area contributed by atoms with Gasteiger partial charge in [0.2, 0.25) is 5.91 Å². The van der Waals surface area contributed by atoms with Crippen LogP contribution >= 0.6 is 34.7 Å². The van der Waals surface area contributed by atoms with Gasteiger partial charge >= 0.3 is 0 Å². The van der Waals surface area contributed by atoms with E-state index in [0.29, 0.717) is 22.3 Å². The summed E-state index contributed by atoms with van der Waals surface area (Å²) < 4.78 is 0.936. The number of thiazole rings is 1. The van der Waals surface area contributed by atoms with Crippen molar-refractivity contribution in [2.24, 2.45) is 5.92 Å². The highest BCUT2D eigenvalue weighted by molar-refractivity contribution is 8.00. The molecule has 1 aromatic carbocycles. The van der Waals surface area contributed by atoms with E-state index in [2.05, 4.69) is 27.1 Å². The van der Waals surface area contributed by atoms with Gasteiger partial charge in [0.05, 0.1) is 16.5 Å². The maximum Gasteiger partial charge on any atom is 0.234 e. The van der Waals surface area contributed by atoms with Crippen LogP contribution in [0, 0.1) is 5.92 Å². The second-order valence-corrected chi connectivity index (χ2v) is 9.19. The Morgan fingerprint density at radius 3 is 3.07 bits per heavy atom. The van der Waals surface area contributed by atoms with Crippen LogP contribution in [-0.4, -0.2) is 39.7 Å². The fraction of sp³-hybridized carbons (Fsp3) is 0.368. The smallest absolute Gasteiger partial charge is 0.234 e. The third-order valence-corrected chi connectivity index (χ3v) is 7.12. The number of amides is 1. The molecule has 0 bridgehead atoms. The summed E-state index contributed by atoms with van der Waals surface area (Å²) in [5, 5.41) is 5.13. The fourth-order valence-corrected chi connectivity index (χ4v) is 5.31. The minimum atomic E-state index is -0.126. The van der Waals surface area contributed by atoms with Crippen molar-refractivity contribution in [3.05, 3.63) is 35.6 Å². The van der Waals surface area contributed by atoms with Gasteiger partial charge < -0.3 is 10.2 Å². The Kier molecular flexibility index (Phi) is 5.99. The van der Waals surface area contributed by atoms with Gasteiger partial charge in [0.25, 0.3) is 0 Å². The maximum atomic E-state index is 12.3. The number of nitrogens with one attached hydrogen (secondary N) is 1. The molecule has 0 saturated carbocycles. The number of rotatable bonds is 5. The van der Waals surface area contributed by atoms with Gasteiger partial charge in [0, 0.05) is 13.1 Å². The van der Waals surface area contributed by atoms with Crippen LogP contribution in [0.3, 0.4) is 0 Å². The molecule has 9 heteroatoms. The average Bonchev–Trinajstić information content (AvgIpc) is 3.13. The molecule has 1 aliphatic heterocycles. The molecule has 2 aromatic heterocycles. The molecule has 1 aliphatic rings. The monoisotopic (exact) mass is 433 g/mol. The molecule has 1 saturated heterocycles. The molecular formula is C19H20ClN5OS2.